The summed E-state index contributed by atoms with van der Waals surface area (Å²) in [7, 11) is 0. The minimum absolute atomic E-state index is 0. The van der Waals surface area contributed by atoms with Crippen LogP contribution in [0.3, 0.4) is 0 Å². The summed E-state index contributed by atoms with van der Waals surface area (Å²) in [5.74, 6) is 0.764. The zero-order valence-corrected chi connectivity index (χ0v) is 69.9. The first-order valence-corrected chi connectivity index (χ1v) is 39.0. The predicted octanol–water partition coefficient (Wildman–Crippen LogP) is 26.7. The average molecular weight is 1690 g/mol. The van der Waals surface area contributed by atoms with Crippen LogP contribution in [0.1, 0.15) is 97.1 Å². The van der Waals surface area contributed by atoms with Gasteiger partial charge in [0.1, 0.15) is 59.1 Å². The smallest absolute Gasteiger partial charge is 0.416 e. The van der Waals surface area contributed by atoms with Crippen LogP contribution in [0.5, 0.6) is 28.7 Å². The molecule has 5 aromatic heterocycles. The summed E-state index contributed by atoms with van der Waals surface area (Å²) in [6, 6.07) is 83.3. The summed E-state index contributed by atoms with van der Waals surface area (Å²) >= 11 is 19.3. The lowest BCUT2D eigenvalue weighted by Crippen LogP contribution is -2.06. The van der Waals surface area contributed by atoms with Crippen molar-refractivity contribution in [1.82, 2.24) is 24.9 Å². The molecule has 5 heterocycles. The Morgan fingerprint density at radius 3 is 0.894 bits per heavy atom. The molecule has 0 unspecified atom stereocenters. The molecule has 0 atom stereocenters. The molecular weight excluding hydrogens is 1610 g/mol. The molecule has 0 fully saturated rings. The SMILES string of the molecule is C.Cc1cc(-c2cc(-c3cccc(O)c3)nc(C)c2C#N)cc(C(F)(F)F)c1.Cc1ccc(-c2cc(-c3cccc(O)c3)nc(C)c2C#N)c(Cl)c1.Cc1ccc(Cl)c(-c2cc(-c3cccc(O)c3)nc(C)c2C#N)c1Cl.Cc1cccc(-c2cc(-c3cccc(O)c3)nc(C)c2C#N)c1.Cc1cccc(-c2cc(-c3cccc(O)c3)nc(C)c2C#N)c1. The second-order valence-electron chi connectivity index (χ2n) is 28.7. The monoisotopic (exact) mass is 1690 g/mol. The first kappa shape index (κ1) is 90.4. The molecule has 0 saturated heterocycles. The maximum Gasteiger partial charge on any atom is 0.416 e. The van der Waals surface area contributed by atoms with Gasteiger partial charge in [0.05, 0.1) is 95.3 Å². The highest BCUT2D eigenvalue weighted by atomic mass is 35.5. The Hall–Kier alpha value is -14.9. The van der Waals surface area contributed by atoms with E-state index in [-0.39, 0.29) is 41.7 Å². The Balaban J connectivity index is 0.000000161. The van der Waals surface area contributed by atoms with Gasteiger partial charge in [-0.05, 0) is 218 Å². The predicted molar refractivity (Wildman–Crippen MR) is 482 cm³/mol. The number of aromatic hydroxyl groups is 5. The quantitative estimate of drug-likeness (QED) is 0.0851. The van der Waals surface area contributed by atoms with Crippen LogP contribution in [-0.4, -0.2) is 50.5 Å². The highest BCUT2D eigenvalue weighted by Gasteiger charge is 2.32. The molecular formula is C102H80Cl3F3N10O5. The maximum atomic E-state index is 13.2. The van der Waals surface area contributed by atoms with E-state index in [0.717, 1.165) is 101 Å². The lowest BCUT2D eigenvalue weighted by atomic mass is 9.94. The molecule has 10 aromatic carbocycles. The molecule has 123 heavy (non-hydrogen) atoms. The van der Waals surface area contributed by atoms with Gasteiger partial charge in [-0.1, -0.05) is 187 Å². The number of benzene rings is 10. The number of aromatic nitrogens is 5. The lowest BCUT2D eigenvalue weighted by molar-refractivity contribution is -0.137. The third kappa shape index (κ3) is 21.8. The zero-order chi connectivity index (χ0) is 88.0. The van der Waals surface area contributed by atoms with Crippen LogP contribution in [0.4, 0.5) is 13.2 Å². The third-order valence-electron chi connectivity index (χ3n) is 19.6. The lowest BCUT2D eigenvalue weighted by Gasteiger charge is -2.14. The number of rotatable bonds is 10. The number of phenols is 5. The van der Waals surface area contributed by atoms with Crippen molar-refractivity contribution in [3.8, 4) is 171 Å². The molecule has 0 bridgehead atoms. The molecule has 0 saturated carbocycles. The van der Waals surface area contributed by atoms with Crippen molar-refractivity contribution in [2.45, 2.75) is 82.8 Å². The highest BCUT2D eigenvalue weighted by Crippen LogP contribution is 2.43. The molecule has 15 aromatic rings. The van der Waals surface area contributed by atoms with Crippen LogP contribution in [0.15, 0.2) is 249 Å². The minimum atomic E-state index is -4.48. The zero-order valence-electron chi connectivity index (χ0n) is 67.6. The first-order valence-electron chi connectivity index (χ1n) is 37.9. The van der Waals surface area contributed by atoms with E-state index in [2.05, 4.69) is 61.3 Å². The normalized spacial score (nSPS) is 10.5. The van der Waals surface area contributed by atoms with E-state index in [4.69, 9.17) is 34.8 Å². The number of aryl methyl sites for hydroxylation is 10. The van der Waals surface area contributed by atoms with E-state index in [9.17, 15) is 65.0 Å². The van der Waals surface area contributed by atoms with Gasteiger partial charge in [0.2, 0.25) is 0 Å². The van der Waals surface area contributed by atoms with Crippen molar-refractivity contribution >= 4 is 34.8 Å². The molecule has 0 aliphatic heterocycles. The van der Waals surface area contributed by atoms with Gasteiger partial charge in [-0.3, -0.25) is 24.9 Å². The van der Waals surface area contributed by atoms with Crippen LogP contribution < -0.4 is 0 Å². The van der Waals surface area contributed by atoms with Gasteiger partial charge in [-0.15, -0.1) is 0 Å². The first-order chi connectivity index (χ1) is 58.3. The Morgan fingerprint density at radius 1 is 0.276 bits per heavy atom. The summed E-state index contributed by atoms with van der Waals surface area (Å²) in [6.07, 6.45) is -4.48. The highest BCUT2D eigenvalue weighted by molar-refractivity contribution is 6.40. The fraction of sp³-hybridized carbons (Fsp3) is 0.118. The van der Waals surface area contributed by atoms with E-state index < -0.39 is 11.7 Å². The molecule has 5 N–H and O–H groups in total. The van der Waals surface area contributed by atoms with E-state index in [1.807, 2.05) is 151 Å². The number of hydrogen-bond acceptors (Lipinski definition) is 15. The van der Waals surface area contributed by atoms with Crippen molar-refractivity contribution in [1.29, 1.82) is 26.3 Å². The van der Waals surface area contributed by atoms with Gasteiger partial charge < -0.3 is 25.5 Å². The van der Waals surface area contributed by atoms with E-state index >= 15 is 0 Å². The Labute approximate surface area is 727 Å². The van der Waals surface area contributed by atoms with Crippen LogP contribution >= 0.6 is 34.8 Å². The van der Waals surface area contributed by atoms with Crippen LogP contribution in [-0.2, 0) is 6.18 Å². The number of phenolic OH excluding ortho intramolecular Hbond substituents is 5. The summed E-state index contributed by atoms with van der Waals surface area (Å²) < 4.78 is 39.6. The molecule has 0 spiro atoms. The van der Waals surface area contributed by atoms with Crippen LogP contribution in [0.25, 0.3) is 112 Å². The maximum absolute atomic E-state index is 13.2. The molecule has 15 rings (SSSR count). The molecule has 610 valence electrons. The Morgan fingerprint density at radius 2 is 0.569 bits per heavy atom. The van der Waals surface area contributed by atoms with Gasteiger partial charge in [0.15, 0.2) is 0 Å². The number of nitrogens with zero attached hydrogens (tertiary/aromatic N) is 10. The standard InChI is InChI=1S/C21H15F3N2O.C20H14Cl2N2O.C20H15ClN2O.2C20H16N2O.CH4/c1-12-6-15(8-16(7-12)21(22,23)24)18-10-20(26-13(2)19(18)11-25)14-4-3-5-17(27)9-14;1-11-6-7-17(21)19(20(11)22)15-9-18(24-12(2)16(15)10-23)13-4-3-5-14(25)8-13;1-12-6-7-16(19(21)8-12)17-10-20(23-13(2)18(17)11-22)14-4-3-5-15(24)9-14;2*1-13-5-3-6-15(9-13)18-11-20(22-14(2)19(18)12-21)16-7-4-8-17(23)10-16;/h3-10,27H,1-2H3;3-9,25H,1-2H3;3-10,24H,1-2H3;2*3-11,23H,1-2H3;1H4. The largest absolute Gasteiger partial charge is 0.508 e. The number of pyridine rings is 5. The summed E-state index contributed by atoms with van der Waals surface area (Å²) in [6.45, 7) is 18.4. The number of alkyl halides is 3. The van der Waals surface area contributed by atoms with Gasteiger partial charge in [-0.25, -0.2) is 0 Å². The second kappa shape index (κ2) is 39.7. The number of halogens is 6. The van der Waals surface area contributed by atoms with Crippen molar-refractivity contribution in [2.24, 2.45) is 0 Å². The minimum Gasteiger partial charge on any atom is -0.508 e. The summed E-state index contributed by atoms with van der Waals surface area (Å²) in [5, 5.41) is 97.7. The third-order valence-corrected chi connectivity index (χ3v) is 20.7. The van der Waals surface area contributed by atoms with Gasteiger partial charge in [0.25, 0.3) is 0 Å². The van der Waals surface area contributed by atoms with Crippen molar-refractivity contribution in [3.05, 3.63) is 353 Å². The summed E-state index contributed by atoms with van der Waals surface area (Å²) in [4.78, 5) is 22.5. The van der Waals surface area contributed by atoms with Gasteiger partial charge in [0, 0.05) is 76.8 Å². The number of nitriles is 5. The van der Waals surface area contributed by atoms with Crippen molar-refractivity contribution in [2.75, 3.05) is 0 Å². The Kier molecular flexibility index (Phi) is 29.2. The molecule has 0 aliphatic carbocycles. The molecule has 0 radical (unpaired) electrons. The van der Waals surface area contributed by atoms with E-state index in [1.165, 1.54) is 12.1 Å². The topological polar surface area (TPSA) is 285 Å². The summed E-state index contributed by atoms with van der Waals surface area (Å²) in [5.41, 5.74) is 23.4. The van der Waals surface area contributed by atoms with Gasteiger partial charge in [-0.2, -0.15) is 39.5 Å². The van der Waals surface area contributed by atoms with Crippen molar-refractivity contribution in [3.63, 3.8) is 0 Å². The second-order valence-corrected chi connectivity index (χ2v) is 29.9. The molecule has 21 heteroatoms. The van der Waals surface area contributed by atoms with Crippen molar-refractivity contribution < 1.29 is 38.7 Å². The Bertz CT molecular complexity index is 6640. The van der Waals surface area contributed by atoms with E-state index in [0.29, 0.717) is 116 Å². The molecule has 0 amide bonds. The molecule has 0 aliphatic rings. The fourth-order valence-electron chi connectivity index (χ4n) is 13.7. The van der Waals surface area contributed by atoms with E-state index in [1.54, 1.807) is 137 Å². The number of hydrogen-bond donors (Lipinski definition) is 5. The van der Waals surface area contributed by atoms with Crippen LogP contribution in [0.2, 0.25) is 15.1 Å². The van der Waals surface area contributed by atoms with Crippen LogP contribution in [0, 0.1) is 126 Å². The molecule has 15 nitrogen and oxygen atoms in total. The van der Waals surface area contributed by atoms with Gasteiger partial charge >= 0.3 is 6.18 Å². The average Bonchev–Trinajstić information content (AvgIpc) is 0.796. The fourth-order valence-corrected chi connectivity index (χ4v) is 14.6.